The fraction of sp³-hybridized carbons (Fsp3) is 0.422. The van der Waals surface area contributed by atoms with Crippen LogP contribution >= 0.6 is 23.2 Å². The molecule has 6 aromatic rings. The molecule has 320 valence electrons. The minimum absolute atomic E-state index is 0.681. The molecule has 0 atom stereocenters. The number of aryl methyl sites for hydroxylation is 2. The number of hydrogen-bond acceptors (Lipinski definition) is 14. The Kier molecular flexibility index (Phi) is 13.9. The summed E-state index contributed by atoms with van der Waals surface area (Å²) in [5.74, 6) is 3.31. The van der Waals surface area contributed by atoms with Crippen LogP contribution in [0, 0.1) is 13.8 Å². The molecule has 0 aliphatic carbocycles. The summed E-state index contributed by atoms with van der Waals surface area (Å²) in [5.41, 5.74) is 6.92. The smallest absolute Gasteiger partial charge is 0.227 e. The summed E-state index contributed by atoms with van der Waals surface area (Å²) in [7, 11) is 0. The van der Waals surface area contributed by atoms with Crippen molar-refractivity contribution in [1.29, 1.82) is 0 Å². The van der Waals surface area contributed by atoms with Crippen molar-refractivity contribution in [2.24, 2.45) is 0 Å². The molecule has 16 heteroatoms. The van der Waals surface area contributed by atoms with E-state index >= 15 is 0 Å². The molecule has 2 aliphatic heterocycles. The number of likely N-dealkylation sites (N-methyl/N-ethyl adjacent to an activating group) is 1. The number of nitrogens with zero attached hydrogens (tertiary/aromatic N) is 10. The lowest BCUT2D eigenvalue weighted by Crippen LogP contribution is -2.47. The summed E-state index contributed by atoms with van der Waals surface area (Å²) in [6, 6.07) is 17.9. The van der Waals surface area contributed by atoms with Crippen LogP contribution in [0.3, 0.4) is 0 Å². The van der Waals surface area contributed by atoms with E-state index in [0.29, 0.717) is 11.6 Å². The van der Waals surface area contributed by atoms with Gasteiger partial charge in [0.1, 0.15) is 11.6 Å². The summed E-state index contributed by atoms with van der Waals surface area (Å²) in [6.45, 7) is 18.8. The van der Waals surface area contributed by atoms with E-state index < -0.39 is 0 Å². The standard InChI is InChI=1S/C45H56Cl2N14/c1-4-58-20-24-61(25-21-58)45-55-34(30-42(57-45)51-14-5-13-48-39-11-16-53-43-32(3)37(47)9-8-36(39)43)12-19-59-22-26-60(27-23-59)44-54-31(2)28-41(56-44)52-18-17-50-38-10-15-49-40-29-33(46)6-7-35(38)40/h6-11,15-16,28-30H,4-5,12-14,17-27H2,1-3H3,(H,48,53)(H,49,50)(H,51,55,57)(H,52,54,56). The fourth-order valence-corrected chi connectivity index (χ4v) is 8.34. The van der Waals surface area contributed by atoms with E-state index in [2.05, 4.69) is 63.8 Å². The number of fused-ring (bicyclic) bond motifs is 2. The number of aromatic nitrogens is 6. The van der Waals surface area contributed by atoms with Crippen LogP contribution in [-0.4, -0.2) is 131 Å². The number of halogens is 2. The molecule has 0 bridgehead atoms. The highest BCUT2D eigenvalue weighted by atomic mass is 35.5. The first-order valence-electron chi connectivity index (χ1n) is 21.5. The Hall–Kier alpha value is -5.28. The first-order valence-corrected chi connectivity index (χ1v) is 22.3. The number of hydrogen-bond donors (Lipinski definition) is 4. The SMILES string of the molecule is CCN1CCN(c2nc(CCN3CCN(c4nc(C)cc(NCCNc5ccnc6cc(Cl)ccc56)n4)CC3)cc(NCCCNc3ccnc4c(C)c(Cl)ccc34)n2)CC1. The molecule has 14 nitrogen and oxygen atoms in total. The molecule has 0 unspecified atom stereocenters. The van der Waals surface area contributed by atoms with Crippen LogP contribution < -0.4 is 31.1 Å². The van der Waals surface area contributed by atoms with Crippen LogP contribution in [-0.2, 0) is 6.42 Å². The van der Waals surface area contributed by atoms with Crippen molar-refractivity contribution in [3.63, 3.8) is 0 Å². The molecule has 4 N–H and O–H groups in total. The van der Waals surface area contributed by atoms with E-state index in [-0.39, 0.29) is 0 Å². The zero-order chi connectivity index (χ0) is 42.1. The van der Waals surface area contributed by atoms with Crippen LogP contribution in [0.4, 0.5) is 34.9 Å². The molecule has 8 rings (SSSR count). The lowest BCUT2D eigenvalue weighted by molar-refractivity contribution is 0.259. The van der Waals surface area contributed by atoms with Gasteiger partial charge in [-0.3, -0.25) is 14.9 Å². The van der Waals surface area contributed by atoms with Gasteiger partial charge in [0.25, 0.3) is 0 Å². The Morgan fingerprint density at radius 3 is 2.00 bits per heavy atom. The van der Waals surface area contributed by atoms with Gasteiger partial charge in [0.05, 0.1) is 11.0 Å². The number of nitrogens with one attached hydrogen (secondary N) is 4. The first-order chi connectivity index (χ1) is 29.8. The third kappa shape index (κ3) is 10.8. The Morgan fingerprint density at radius 1 is 0.607 bits per heavy atom. The van der Waals surface area contributed by atoms with E-state index in [0.717, 1.165) is 177 Å². The Balaban J connectivity index is 0.831. The largest absolute Gasteiger partial charge is 0.384 e. The van der Waals surface area contributed by atoms with Gasteiger partial charge in [0, 0.05) is 160 Å². The van der Waals surface area contributed by atoms with E-state index in [1.165, 1.54) is 0 Å². The van der Waals surface area contributed by atoms with Crippen molar-refractivity contribution >= 4 is 79.9 Å². The van der Waals surface area contributed by atoms with E-state index in [1.807, 2.05) is 68.6 Å². The van der Waals surface area contributed by atoms with Gasteiger partial charge in [-0.05, 0) is 74.8 Å². The van der Waals surface area contributed by atoms with Gasteiger partial charge in [-0.2, -0.15) is 9.97 Å². The zero-order valence-corrected chi connectivity index (χ0v) is 36.9. The monoisotopic (exact) mass is 862 g/mol. The summed E-state index contributed by atoms with van der Waals surface area (Å²) < 4.78 is 0. The quantitative estimate of drug-likeness (QED) is 0.0686. The molecule has 0 amide bonds. The molecular weight excluding hydrogens is 807 g/mol. The van der Waals surface area contributed by atoms with Crippen LogP contribution in [0.2, 0.25) is 10.0 Å². The predicted molar refractivity (Wildman–Crippen MR) is 252 cm³/mol. The zero-order valence-electron chi connectivity index (χ0n) is 35.4. The minimum atomic E-state index is 0.681. The molecule has 2 fully saturated rings. The molecule has 2 saturated heterocycles. The molecule has 6 heterocycles. The van der Waals surface area contributed by atoms with Crippen LogP contribution in [0.5, 0.6) is 0 Å². The van der Waals surface area contributed by atoms with Crippen LogP contribution in [0.15, 0.2) is 67.0 Å². The van der Waals surface area contributed by atoms with Crippen molar-refractivity contribution in [1.82, 2.24) is 39.7 Å². The molecule has 61 heavy (non-hydrogen) atoms. The van der Waals surface area contributed by atoms with Crippen LogP contribution in [0.25, 0.3) is 21.8 Å². The van der Waals surface area contributed by atoms with E-state index in [9.17, 15) is 0 Å². The normalized spacial score (nSPS) is 15.1. The summed E-state index contributed by atoms with van der Waals surface area (Å²) in [5, 5.41) is 17.8. The molecule has 2 aromatic carbocycles. The summed E-state index contributed by atoms with van der Waals surface area (Å²) >= 11 is 12.5. The first kappa shape index (κ1) is 42.4. The second-order valence-electron chi connectivity index (χ2n) is 15.7. The van der Waals surface area contributed by atoms with Crippen molar-refractivity contribution in [2.75, 3.05) is 123 Å². The molecular formula is C45H56Cl2N14. The number of pyridine rings is 2. The molecule has 0 radical (unpaired) electrons. The van der Waals surface area contributed by atoms with Gasteiger partial charge in [0.15, 0.2) is 0 Å². The highest BCUT2D eigenvalue weighted by molar-refractivity contribution is 6.32. The Bertz CT molecular complexity index is 2420. The summed E-state index contributed by atoms with van der Waals surface area (Å²) in [6.07, 6.45) is 5.42. The van der Waals surface area contributed by atoms with Crippen molar-refractivity contribution in [3.8, 4) is 0 Å². The maximum Gasteiger partial charge on any atom is 0.227 e. The van der Waals surface area contributed by atoms with Gasteiger partial charge in [-0.25, -0.2) is 9.97 Å². The molecule has 2 aliphatic rings. The highest BCUT2D eigenvalue weighted by Gasteiger charge is 2.22. The second-order valence-corrected chi connectivity index (χ2v) is 16.6. The summed E-state index contributed by atoms with van der Waals surface area (Å²) in [4.78, 5) is 38.5. The lowest BCUT2D eigenvalue weighted by atomic mass is 10.1. The number of rotatable bonds is 17. The van der Waals surface area contributed by atoms with Gasteiger partial charge >= 0.3 is 0 Å². The van der Waals surface area contributed by atoms with Crippen molar-refractivity contribution in [3.05, 3.63) is 94.0 Å². The Labute approximate surface area is 368 Å². The maximum absolute atomic E-state index is 6.36. The molecule has 0 spiro atoms. The van der Waals surface area contributed by atoms with E-state index in [1.54, 1.807) is 6.20 Å². The number of anilines is 6. The third-order valence-electron chi connectivity index (χ3n) is 11.6. The van der Waals surface area contributed by atoms with E-state index in [4.69, 9.17) is 43.1 Å². The predicted octanol–water partition coefficient (Wildman–Crippen LogP) is 7.23. The van der Waals surface area contributed by atoms with Crippen LogP contribution in [0.1, 0.15) is 30.3 Å². The minimum Gasteiger partial charge on any atom is -0.384 e. The van der Waals surface area contributed by atoms with Gasteiger partial charge in [-0.1, -0.05) is 30.1 Å². The lowest BCUT2D eigenvalue weighted by Gasteiger charge is -2.35. The average Bonchev–Trinajstić information content (AvgIpc) is 3.28. The molecule has 4 aromatic heterocycles. The molecule has 0 saturated carbocycles. The number of benzene rings is 2. The second kappa shape index (κ2) is 20.1. The van der Waals surface area contributed by atoms with Gasteiger partial charge in [-0.15, -0.1) is 0 Å². The fourth-order valence-electron chi connectivity index (χ4n) is 8.02. The van der Waals surface area contributed by atoms with Crippen molar-refractivity contribution < 1.29 is 0 Å². The Morgan fingerprint density at radius 2 is 1.23 bits per heavy atom. The highest BCUT2D eigenvalue weighted by Crippen LogP contribution is 2.29. The third-order valence-corrected chi connectivity index (χ3v) is 12.2. The maximum atomic E-state index is 6.36. The topological polar surface area (TPSA) is 138 Å². The van der Waals surface area contributed by atoms with Gasteiger partial charge in [0.2, 0.25) is 11.9 Å². The van der Waals surface area contributed by atoms with Crippen molar-refractivity contribution in [2.45, 2.75) is 33.6 Å². The van der Waals surface area contributed by atoms with Gasteiger partial charge < -0.3 is 36.0 Å². The number of piperazine rings is 2. The average molecular weight is 864 g/mol.